The van der Waals surface area contributed by atoms with Crippen LogP contribution >= 0.6 is 0 Å². The van der Waals surface area contributed by atoms with Gasteiger partial charge in [0.2, 0.25) is 0 Å². The lowest BCUT2D eigenvalue weighted by Crippen LogP contribution is -2.20. The summed E-state index contributed by atoms with van der Waals surface area (Å²) in [4.78, 5) is 24.6. The molecule has 2 heterocycles. The zero-order valence-electron chi connectivity index (χ0n) is 23.5. The van der Waals surface area contributed by atoms with Crippen molar-refractivity contribution in [3.63, 3.8) is 0 Å². The number of amides is 2. The maximum atomic E-state index is 13.7. The first-order valence-corrected chi connectivity index (χ1v) is 13.4. The summed E-state index contributed by atoms with van der Waals surface area (Å²) in [5, 5.41) is 6.42. The van der Waals surface area contributed by atoms with E-state index in [-0.39, 0.29) is 24.7 Å². The Balaban J connectivity index is 1.08. The zero-order chi connectivity index (χ0) is 30.2. The summed E-state index contributed by atoms with van der Waals surface area (Å²) < 4.78 is 32.8. The quantitative estimate of drug-likeness (QED) is 0.143. The van der Waals surface area contributed by atoms with Gasteiger partial charge in [0.1, 0.15) is 29.7 Å². The molecule has 0 aliphatic rings. The summed E-state index contributed by atoms with van der Waals surface area (Å²) in [5.41, 5.74) is 6.47. The van der Waals surface area contributed by atoms with Gasteiger partial charge in [-0.15, -0.1) is 0 Å². The number of aryl methyl sites for hydroxylation is 2. The highest BCUT2D eigenvalue weighted by atomic mass is 19.1. The van der Waals surface area contributed by atoms with E-state index in [2.05, 4.69) is 46.4 Å². The van der Waals surface area contributed by atoms with Crippen molar-refractivity contribution >= 4 is 23.7 Å². The van der Waals surface area contributed by atoms with E-state index in [0.717, 1.165) is 17.1 Å². The lowest BCUT2D eigenvalue weighted by atomic mass is 10.2. The first kappa shape index (κ1) is 28.9. The number of benzene rings is 3. The largest absolute Gasteiger partial charge is 0.486 e. The van der Waals surface area contributed by atoms with Gasteiger partial charge in [-0.25, -0.2) is 9.82 Å². The Morgan fingerprint density at radius 1 is 0.884 bits per heavy atom. The fraction of sp³-hybridized carbons (Fsp3) is 0.121. The number of rotatable bonds is 11. The molecular formula is C33H29FN4O5. The van der Waals surface area contributed by atoms with Crippen molar-refractivity contribution in [1.29, 1.82) is 0 Å². The molecule has 0 unspecified atom stereocenters. The molecular weight excluding hydrogens is 551 g/mol. The predicted molar refractivity (Wildman–Crippen MR) is 160 cm³/mol. The van der Waals surface area contributed by atoms with Gasteiger partial charge in [-0.3, -0.25) is 9.59 Å². The zero-order valence-corrected chi connectivity index (χ0v) is 23.5. The molecule has 2 amide bonds. The van der Waals surface area contributed by atoms with Crippen molar-refractivity contribution in [3.8, 4) is 17.2 Å². The molecule has 43 heavy (non-hydrogen) atoms. The second kappa shape index (κ2) is 13.3. The maximum absolute atomic E-state index is 13.7. The minimum Gasteiger partial charge on any atom is -0.486 e. The molecule has 0 spiro atoms. The number of ether oxygens (including phenoxy) is 2. The lowest BCUT2D eigenvalue weighted by Gasteiger charge is -2.10. The number of aromatic nitrogens is 1. The van der Waals surface area contributed by atoms with Crippen LogP contribution in [0.3, 0.4) is 0 Å². The highest BCUT2D eigenvalue weighted by Crippen LogP contribution is 2.21. The second-order valence-electron chi connectivity index (χ2n) is 9.59. The van der Waals surface area contributed by atoms with E-state index in [4.69, 9.17) is 13.9 Å². The summed E-state index contributed by atoms with van der Waals surface area (Å²) in [7, 11) is 0. The van der Waals surface area contributed by atoms with Crippen LogP contribution in [0.5, 0.6) is 11.5 Å². The smallest absolute Gasteiger partial charge is 0.307 e. The van der Waals surface area contributed by atoms with Crippen LogP contribution in [0.1, 0.15) is 33.3 Å². The van der Waals surface area contributed by atoms with E-state index in [1.54, 1.807) is 42.5 Å². The molecule has 0 saturated heterocycles. The Labute approximate surface area is 247 Å². The molecule has 0 radical (unpaired) electrons. The van der Waals surface area contributed by atoms with E-state index < -0.39 is 17.6 Å². The van der Waals surface area contributed by atoms with Crippen LogP contribution in [0.2, 0.25) is 0 Å². The van der Waals surface area contributed by atoms with Crippen molar-refractivity contribution in [2.45, 2.75) is 20.5 Å². The number of hydrazone groups is 1. The molecule has 0 fully saturated rings. The molecule has 0 aliphatic carbocycles. The van der Waals surface area contributed by atoms with Gasteiger partial charge in [0.15, 0.2) is 12.4 Å². The Kier molecular flexibility index (Phi) is 8.96. The average Bonchev–Trinajstić information content (AvgIpc) is 3.62. The lowest BCUT2D eigenvalue weighted by molar-refractivity contribution is -0.118. The molecule has 10 heteroatoms. The average molecular weight is 581 g/mol. The second-order valence-corrected chi connectivity index (χ2v) is 9.59. The first-order chi connectivity index (χ1) is 20.9. The molecule has 5 aromatic rings. The molecule has 0 bridgehead atoms. The number of carbonyl (C=O) groups is 2. The van der Waals surface area contributed by atoms with Crippen LogP contribution in [-0.2, 0) is 11.4 Å². The van der Waals surface area contributed by atoms with Gasteiger partial charge in [0, 0.05) is 17.1 Å². The summed E-state index contributed by atoms with van der Waals surface area (Å²) in [6, 6.07) is 27.8. The summed E-state index contributed by atoms with van der Waals surface area (Å²) in [5.74, 6) is 0.0865. The third-order valence-electron chi connectivity index (χ3n) is 6.39. The Hall–Kier alpha value is -5.64. The van der Waals surface area contributed by atoms with Gasteiger partial charge in [-0.2, -0.15) is 5.10 Å². The van der Waals surface area contributed by atoms with E-state index in [1.165, 1.54) is 24.4 Å². The predicted octanol–water partition coefficient (Wildman–Crippen LogP) is 6.19. The molecule has 0 aliphatic heterocycles. The molecule has 9 nitrogen and oxygen atoms in total. The minimum atomic E-state index is -0.532. The number of anilines is 1. The van der Waals surface area contributed by atoms with Crippen LogP contribution in [-0.4, -0.2) is 29.2 Å². The van der Waals surface area contributed by atoms with E-state index in [9.17, 15) is 14.0 Å². The normalized spacial score (nSPS) is 11.0. The minimum absolute atomic E-state index is 0.0766. The van der Waals surface area contributed by atoms with Gasteiger partial charge in [0.05, 0.1) is 11.9 Å². The maximum Gasteiger partial charge on any atom is 0.307 e. The van der Waals surface area contributed by atoms with Gasteiger partial charge in [-0.1, -0.05) is 24.3 Å². The van der Waals surface area contributed by atoms with Crippen molar-refractivity contribution in [2.24, 2.45) is 5.10 Å². The summed E-state index contributed by atoms with van der Waals surface area (Å²) in [6.07, 6.45) is 1.43. The fourth-order valence-electron chi connectivity index (χ4n) is 4.30. The molecule has 2 aromatic heterocycles. The van der Waals surface area contributed by atoms with Crippen LogP contribution in [0, 0.1) is 19.7 Å². The van der Waals surface area contributed by atoms with Crippen LogP contribution in [0.15, 0.2) is 107 Å². The van der Waals surface area contributed by atoms with Crippen LogP contribution in [0.4, 0.5) is 10.1 Å². The third-order valence-corrected chi connectivity index (χ3v) is 6.39. The Morgan fingerprint density at radius 2 is 1.65 bits per heavy atom. The van der Waals surface area contributed by atoms with Crippen molar-refractivity contribution < 1.29 is 27.9 Å². The molecule has 3 aromatic carbocycles. The number of furan rings is 1. The topological polar surface area (TPSA) is 107 Å². The molecule has 2 N–H and O–H groups in total. The van der Waals surface area contributed by atoms with Gasteiger partial charge >= 0.3 is 5.91 Å². The summed E-state index contributed by atoms with van der Waals surface area (Å²) in [6.45, 7) is 3.96. The van der Waals surface area contributed by atoms with Crippen molar-refractivity contribution in [2.75, 3.05) is 11.9 Å². The number of hydrogen-bond acceptors (Lipinski definition) is 6. The van der Waals surface area contributed by atoms with Gasteiger partial charge in [0.25, 0.3) is 5.91 Å². The highest BCUT2D eigenvalue weighted by molar-refractivity contribution is 5.93. The molecule has 5 rings (SSSR count). The van der Waals surface area contributed by atoms with E-state index in [1.807, 2.05) is 24.3 Å². The van der Waals surface area contributed by atoms with E-state index >= 15 is 0 Å². The number of hydrogen-bond donors (Lipinski definition) is 2. The van der Waals surface area contributed by atoms with Gasteiger partial charge in [-0.05, 0) is 92.2 Å². The van der Waals surface area contributed by atoms with Crippen molar-refractivity contribution in [3.05, 3.63) is 131 Å². The Morgan fingerprint density at radius 3 is 2.42 bits per heavy atom. The number of para-hydroxylation sites is 1. The number of halogens is 1. The summed E-state index contributed by atoms with van der Waals surface area (Å²) >= 11 is 0. The molecule has 0 saturated carbocycles. The SMILES string of the molecule is Cc1ccc(C)n1-c1ccc(OCc2ccc(C(=O)N/N=C/c3cccc(OCC(=O)Nc4ccccc4F)c3)o2)cc1. The first-order valence-electron chi connectivity index (χ1n) is 13.4. The van der Waals surface area contributed by atoms with Crippen molar-refractivity contribution in [1.82, 2.24) is 9.99 Å². The number of carbonyl (C=O) groups excluding carboxylic acids is 2. The van der Waals surface area contributed by atoms with Crippen LogP contribution < -0.4 is 20.2 Å². The number of nitrogens with one attached hydrogen (secondary N) is 2. The molecule has 0 atom stereocenters. The Bertz CT molecular complexity index is 1740. The third kappa shape index (κ3) is 7.56. The molecule has 218 valence electrons. The van der Waals surface area contributed by atoms with Gasteiger partial charge < -0.3 is 23.8 Å². The highest BCUT2D eigenvalue weighted by Gasteiger charge is 2.12. The van der Waals surface area contributed by atoms with E-state index in [0.29, 0.717) is 22.8 Å². The standard InChI is InChI=1S/C33H29FN4O5/c1-22-10-11-23(2)38(22)25-12-14-26(15-13-25)41-20-28-16-17-31(43-28)33(40)37-35-19-24-6-5-7-27(18-24)42-21-32(39)36-30-9-4-3-8-29(30)34/h3-19H,20-21H2,1-2H3,(H,36,39)(H,37,40)/b35-19+. The fourth-order valence-corrected chi connectivity index (χ4v) is 4.30. The number of nitrogens with zero attached hydrogens (tertiary/aromatic N) is 2. The monoisotopic (exact) mass is 580 g/mol. The van der Waals surface area contributed by atoms with Crippen LogP contribution in [0.25, 0.3) is 5.69 Å².